The highest BCUT2D eigenvalue weighted by Crippen LogP contribution is 2.46. The van der Waals surface area contributed by atoms with Crippen LogP contribution in [-0.4, -0.2) is 38.0 Å². The molecule has 41 heavy (non-hydrogen) atoms. The second-order valence-corrected chi connectivity index (χ2v) is 10.8. The fourth-order valence-corrected chi connectivity index (χ4v) is 5.56. The van der Waals surface area contributed by atoms with Crippen LogP contribution >= 0.6 is 0 Å². The quantitative estimate of drug-likeness (QED) is 0.254. The Morgan fingerprint density at radius 2 is 1.80 bits per heavy atom. The highest BCUT2D eigenvalue weighted by atomic mass is 32.2. The Hall–Kier alpha value is -3.88. The number of hydrogen-bond acceptors (Lipinski definition) is 5. The summed E-state index contributed by atoms with van der Waals surface area (Å²) < 4.78 is 120. The summed E-state index contributed by atoms with van der Waals surface area (Å²) in [6.07, 6.45) is -1.38. The summed E-state index contributed by atoms with van der Waals surface area (Å²) in [7, 11) is -4.70. The molecular formula is C27H21F6N3O4S. The molecule has 0 amide bonds. The minimum Gasteiger partial charge on any atom is -0.434 e. The van der Waals surface area contributed by atoms with Crippen molar-refractivity contribution >= 4 is 10.0 Å². The molecule has 1 fully saturated rings. The third-order valence-electron chi connectivity index (χ3n) is 6.59. The van der Waals surface area contributed by atoms with Crippen LogP contribution in [0.15, 0.2) is 71.9 Å². The Bertz CT molecular complexity index is 1700. The molecule has 1 saturated heterocycles. The topological polar surface area (TPSA) is 96.4 Å². The van der Waals surface area contributed by atoms with Crippen molar-refractivity contribution in [3.63, 3.8) is 0 Å². The van der Waals surface area contributed by atoms with Crippen molar-refractivity contribution in [3.05, 3.63) is 78.4 Å². The number of ether oxygens (including phenoxy) is 2. The molecule has 1 unspecified atom stereocenters. The Morgan fingerprint density at radius 3 is 2.46 bits per heavy atom. The van der Waals surface area contributed by atoms with Gasteiger partial charge in [0.05, 0.1) is 29.3 Å². The molecule has 2 N–H and O–H groups in total. The van der Waals surface area contributed by atoms with Crippen LogP contribution in [0.3, 0.4) is 0 Å². The largest absolute Gasteiger partial charge is 0.434 e. The van der Waals surface area contributed by atoms with E-state index in [1.807, 2.05) is 0 Å². The number of halogens is 6. The fourth-order valence-electron chi connectivity index (χ4n) is 4.79. The lowest BCUT2D eigenvalue weighted by Crippen LogP contribution is -2.17. The van der Waals surface area contributed by atoms with Crippen molar-refractivity contribution < 1.29 is 44.2 Å². The van der Waals surface area contributed by atoms with Gasteiger partial charge < -0.3 is 9.47 Å². The summed E-state index contributed by atoms with van der Waals surface area (Å²) in [5.41, 5.74) is -2.07. The van der Waals surface area contributed by atoms with Crippen LogP contribution in [0, 0.1) is 5.82 Å². The highest BCUT2D eigenvalue weighted by molar-refractivity contribution is 7.89. The van der Waals surface area contributed by atoms with E-state index in [1.165, 1.54) is 18.3 Å². The van der Waals surface area contributed by atoms with Gasteiger partial charge in [-0.25, -0.2) is 17.9 Å². The van der Waals surface area contributed by atoms with Gasteiger partial charge in [-0.05, 0) is 59.5 Å². The summed E-state index contributed by atoms with van der Waals surface area (Å²) in [5, 5.41) is 9.66. The predicted octanol–water partition coefficient (Wildman–Crippen LogP) is 6.25. The monoisotopic (exact) mass is 597 g/mol. The average Bonchev–Trinajstić information content (AvgIpc) is 3.60. The SMILES string of the molecule is NS(=O)(=O)c1cccc(C(F)(F)F)c1-c1cc(-c2cc(F)ccc2OC(F)F)ccc1-c1cnn(C2CCOC2)c1. The maximum atomic E-state index is 14.3. The van der Waals surface area contributed by atoms with Gasteiger partial charge >= 0.3 is 12.8 Å². The van der Waals surface area contributed by atoms with Crippen molar-refractivity contribution in [3.8, 4) is 39.1 Å². The van der Waals surface area contributed by atoms with E-state index >= 15 is 0 Å². The molecule has 14 heteroatoms. The van der Waals surface area contributed by atoms with E-state index in [2.05, 4.69) is 9.84 Å². The lowest BCUT2D eigenvalue weighted by atomic mass is 9.89. The molecule has 3 aromatic carbocycles. The number of sulfonamides is 1. The average molecular weight is 598 g/mol. The van der Waals surface area contributed by atoms with Gasteiger partial charge in [0.2, 0.25) is 10.0 Å². The minimum atomic E-state index is -5.02. The van der Waals surface area contributed by atoms with Crippen molar-refractivity contribution in [1.82, 2.24) is 9.78 Å². The zero-order valence-corrected chi connectivity index (χ0v) is 21.7. The van der Waals surface area contributed by atoms with Crippen molar-refractivity contribution in [2.45, 2.75) is 30.1 Å². The van der Waals surface area contributed by atoms with Gasteiger partial charge in [0.15, 0.2) is 0 Å². The van der Waals surface area contributed by atoms with Gasteiger partial charge in [-0.2, -0.15) is 27.1 Å². The molecule has 0 saturated carbocycles. The minimum absolute atomic E-state index is 0.0205. The predicted molar refractivity (Wildman–Crippen MR) is 136 cm³/mol. The van der Waals surface area contributed by atoms with Gasteiger partial charge in [0.1, 0.15) is 11.6 Å². The Balaban J connectivity index is 1.82. The van der Waals surface area contributed by atoms with Crippen LogP contribution in [0.4, 0.5) is 26.3 Å². The molecule has 4 aromatic rings. The van der Waals surface area contributed by atoms with Crippen molar-refractivity contribution in [2.24, 2.45) is 5.14 Å². The third-order valence-corrected chi connectivity index (χ3v) is 7.54. The van der Waals surface area contributed by atoms with E-state index in [9.17, 15) is 34.8 Å². The molecule has 0 bridgehead atoms. The molecule has 216 valence electrons. The number of hydrogen-bond donors (Lipinski definition) is 1. The second-order valence-electron chi connectivity index (χ2n) is 9.23. The molecule has 0 spiro atoms. The summed E-state index contributed by atoms with van der Waals surface area (Å²) in [4.78, 5) is -0.814. The summed E-state index contributed by atoms with van der Waals surface area (Å²) in [5.74, 6) is -1.27. The molecule has 2 heterocycles. The van der Waals surface area contributed by atoms with Gasteiger partial charge in [-0.1, -0.05) is 18.2 Å². The summed E-state index contributed by atoms with van der Waals surface area (Å²) >= 11 is 0. The van der Waals surface area contributed by atoms with Crippen LogP contribution in [0.2, 0.25) is 0 Å². The van der Waals surface area contributed by atoms with E-state index in [0.29, 0.717) is 31.3 Å². The number of nitrogens with two attached hydrogens (primary N) is 1. The maximum absolute atomic E-state index is 14.3. The van der Waals surface area contributed by atoms with Gasteiger partial charge in [0, 0.05) is 29.5 Å². The first-order valence-electron chi connectivity index (χ1n) is 12.1. The zero-order chi connectivity index (χ0) is 29.5. The van der Waals surface area contributed by atoms with Crippen molar-refractivity contribution in [1.29, 1.82) is 0 Å². The Labute approximate surface area is 230 Å². The first-order valence-corrected chi connectivity index (χ1v) is 13.6. The summed E-state index contributed by atoms with van der Waals surface area (Å²) in [6, 6.07) is 9.04. The van der Waals surface area contributed by atoms with Gasteiger partial charge in [-0.3, -0.25) is 4.68 Å². The molecule has 5 rings (SSSR count). The first kappa shape index (κ1) is 28.6. The standard InChI is InChI=1S/C27H21F6N3O4S/c28-17-5-7-23(40-26(29)30)20(11-17)15-4-6-19(16-12-35-36(13-16)18-8-9-39-14-18)21(10-15)25-22(27(31,32)33)2-1-3-24(25)41(34,37)38/h1-7,10-13,18,26H,8-9,14H2,(H2,34,37,38). The summed E-state index contributed by atoms with van der Waals surface area (Å²) in [6.45, 7) is -2.39. The van der Waals surface area contributed by atoms with Crippen molar-refractivity contribution in [2.75, 3.05) is 13.2 Å². The molecular weight excluding hydrogens is 576 g/mol. The number of aromatic nitrogens is 2. The van der Waals surface area contributed by atoms with E-state index in [4.69, 9.17) is 9.88 Å². The van der Waals surface area contributed by atoms with Crippen LogP contribution in [-0.2, 0) is 20.9 Å². The molecule has 1 aliphatic heterocycles. The Kier molecular flexibility index (Phi) is 7.57. The van der Waals surface area contributed by atoms with E-state index < -0.39 is 50.4 Å². The van der Waals surface area contributed by atoms with E-state index in [0.717, 1.165) is 36.4 Å². The van der Waals surface area contributed by atoms with Crippen LogP contribution in [0.25, 0.3) is 33.4 Å². The molecule has 1 aliphatic rings. The molecule has 1 atom stereocenters. The second kappa shape index (κ2) is 10.8. The number of primary sulfonamides is 1. The molecule has 7 nitrogen and oxygen atoms in total. The molecule has 0 aliphatic carbocycles. The number of nitrogens with zero attached hydrogens (tertiary/aromatic N) is 2. The Morgan fingerprint density at radius 1 is 1.02 bits per heavy atom. The smallest absolute Gasteiger partial charge is 0.417 e. The third kappa shape index (κ3) is 5.94. The van der Waals surface area contributed by atoms with E-state index in [1.54, 1.807) is 10.9 Å². The van der Waals surface area contributed by atoms with Gasteiger partial charge in [-0.15, -0.1) is 0 Å². The molecule has 0 radical (unpaired) electrons. The lowest BCUT2D eigenvalue weighted by molar-refractivity contribution is -0.137. The van der Waals surface area contributed by atoms with Gasteiger partial charge in [0.25, 0.3) is 0 Å². The lowest BCUT2D eigenvalue weighted by Gasteiger charge is -2.20. The zero-order valence-electron chi connectivity index (χ0n) is 20.9. The van der Waals surface area contributed by atoms with Crippen LogP contribution < -0.4 is 9.88 Å². The number of benzene rings is 3. The van der Waals surface area contributed by atoms with Crippen LogP contribution in [0.1, 0.15) is 18.0 Å². The number of rotatable bonds is 7. The maximum Gasteiger partial charge on any atom is 0.417 e. The first-order chi connectivity index (χ1) is 19.3. The van der Waals surface area contributed by atoms with Crippen LogP contribution in [0.5, 0.6) is 5.75 Å². The number of alkyl halides is 5. The highest BCUT2D eigenvalue weighted by Gasteiger charge is 2.37. The molecule has 1 aromatic heterocycles. The van der Waals surface area contributed by atoms with E-state index in [-0.39, 0.29) is 28.3 Å². The normalized spacial score (nSPS) is 16.0. The fraction of sp³-hybridized carbons (Fsp3) is 0.222.